The van der Waals surface area contributed by atoms with Crippen molar-refractivity contribution in [3.05, 3.63) is 39.9 Å². The molecule has 21 heavy (non-hydrogen) atoms. The number of urea groups is 1. The van der Waals surface area contributed by atoms with E-state index in [1.165, 1.54) is 18.2 Å². The summed E-state index contributed by atoms with van der Waals surface area (Å²) in [4.78, 5) is 45.5. The van der Waals surface area contributed by atoms with Crippen LogP contribution in [0.2, 0.25) is 0 Å². The van der Waals surface area contributed by atoms with Crippen LogP contribution in [-0.4, -0.2) is 47.4 Å². The van der Waals surface area contributed by atoms with Gasteiger partial charge >= 0.3 is 12.0 Å². The van der Waals surface area contributed by atoms with Crippen LogP contribution in [-0.2, 0) is 9.53 Å². The number of hydrogen-bond donors (Lipinski definition) is 1. The summed E-state index contributed by atoms with van der Waals surface area (Å²) in [5, 5.41) is 13.0. The van der Waals surface area contributed by atoms with Gasteiger partial charge in [0.05, 0.1) is 10.5 Å². The van der Waals surface area contributed by atoms with Crippen molar-refractivity contribution in [3.8, 4) is 0 Å². The van der Waals surface area contributed by atoms with Crippen molar-refractivity contribution < 1.29 is 24.0 Å². The molecule has 1 N–H and O–H groups in total. The first kappa shape index (κ1) is 14.4. The number of esters is 1. The van der Waals surface area contributed by atoms with Crippen molar-refractivity contribution in [2.24, 2.45) is 0 Å². The smallest absolute Gasteiger partial charge is 0.338 e. The molecule has 2 rings (SSSR count). The van der Waals surface area contributed by atoms with Crippen molar-refractivity contribution >= 4 is 23.6 Å². The molecule has 0 unspecified atom stereocenters. The molecule has 1 aromatic rings. The Balaban J connectivity index is 1.95. The summed E-state index contributed by atoms with van der Waals surface area (Å²) in [5.74, 6) is -1.52. The van der Waals surface area contributed by atoms with Crippen LogP contribution in [0.5, 0.6) is 0 Å². The Bertz CT molecular complexity index is 615. The number of ether oxygens (including phenoxy) is 1. The summed E-state index contributed by atoms with van der Waals surface area (Å²) in [7, 11) is 0. The van der Waals surface area contributed by atoms with E-state index < -0.39 is 29.4 Å². The lowest BCUT2D eigenvalue weighted by Gasteiger charge is -2.12. The number of nitro groups is 1. The molecule has 9 heteroatoms. The molecule has 0 saturated carbocycles. The van der Waals surface area contributed by atoms with Crippen LogP contribution in [0.1, 0.15) is 10.4 Å². The van der Waals surface area contributed by atoms with Crippen LogP contribution in [0.4, 0.5) is 10.5 Å². The quantitative estimate of drug-likeness (QED) is 0.484. The molecule has 0 bridgehead atoms. The molecule has 0 aromatic heterocycles. The van der Waals surface area contributed by atoms with Gasteiger partial charge in [0.15, 0.2) is 6.61 Å². The Hall–Kier alpha value is -2.97. The molecule has 1 fully saturated rings. The zero-order valence-corrected chi connectivity index (χ0v) is 10.8. The highest BCUT2D eigenvalue weighted by molar-refractivity contribution is 5.98. The maximum atomic E-state index is 11.7. The predicted molar refractivity (Wildman–Crippen MR) is 68.5 cm³/mol. The molecule has 1 heterocycles. The number of nitrogens with one attached hydrogen (secondary N) is 1. The van der Waals surface area contributed by atoms with Gasteiger partial charge in [-0.2, -0.15) is 0 Å². The first-order valence-corrected chi connectivity index (χ1v) is 5.99. The van der Waals surface area contributed by atoms with Crippen molar-refractivity contribution in [2.45, 2.75) is 0 Å². The number of nitrogens with zero attached hydrogens (tertiary/aromatic N) is 2. The van der Waals surface area contributed by atoms with Crippen molar-refractivity contribution in [2.75, 3.05) is 19.7 Å². The van der Waals surface area contributed by atoms with Gasteiger partial charge in [0.2, 0.25) is 0 Å². The lowest BCUT2D eigenvalue weighted by Crippen LogP contribution is -2.37. The molecule has 0 aliphatic carbocycles. The summed E-state index contributed by atoms with van der Waals surface area (Å²) in [6.07, 6.45) is 0. The van der Waals surface area contributed by atoms with E-state index in [9.17, 15) is 24.5 Å². The number of non-ortho nitro benzene ring substituents is 1. The van der Waals surface area contributed by atoms with Crippen LogP contribution < -0.4 is 5.32 Å². The molecule has 1 aliphatic heterocycles. The van der Waals surface area contributed by atoms with Gasteiger partial charge in [0.25, 0.3) is 11.6 Å². The molecule has 1 saturated heterocycles. The van der Waals surface area contributed by atoms with E-state index in [-0.39, 0.29) is 17.8 Å². The third-order valence-electron chi connectivity index (χ3n) is 2.78. The molecule has 0 atom stereocenters. The number of benzene rings is 1. The largest absolute Gasteiger partial charge is 0.452 e. The standard InChI is InChI=1S/C12H11N3O6/c16-10(14-5-4-13-12(14)18)7-21-11(17)8-2-1-3-9(6-8)15(19)20/h1-3,6H,4-5,7H2,(H,13,18). The van der Waals surface area contributed by atoms with Crippen molar-refractivity contribution in [1.29, 1.82) is 0 Å². The lowest BCUT2D eigenvalue weighted by atomic mass is 10.2. The van der Waals surface area contributed by atoms with Crippen LogP contribution >= 0.6 is 0 Å². The average molecular weight is 293 g/mol. The zero-order valence-electron chi connectivity index (χ0n) is 10.8. The minimum atomic E-state index is -0.869. The Morgan fingerprint density at radius 3 is 2.81 bits per heavy atom. The van der Waals surface area contributed by atoms with Gasteiger partial charge in [-0.1, -0.05) is 6.07 Å². The van der Waals surface area contributed by atoms with Gasteiger partial charge in [0, 0.05) is 25.2 Å². The van der Waals surface area contributed by atoms with Gasteiger partial charge in [-0.25, -0.2) is 9.59 Å². The molecular weight excluding hydrogens is 282 g/mol. The van der Waals surface area contributed by atoms with E-state index in [0.717, 1.165) is 11.0 Å². The Labute approximate surface area is 118 Å². The number of amides is 3. The minimum Gasteiger partial charge on any atom is -0.452 e. The SMILES string of the molecule is O=C(OCC(=O)N1CCNC1=O)c1cccc([N+](=O)[O-])c1. The monoisotopic (exact) mass is 293 g/mol. The van der Waals surface area contributed by atoms with Crippen LogP contribution in [0.3, 0.4) is 0 Å². The Morgan fingerprint density at radius 1 is 1.43 bits per heavy atom. The first-order chi connectivity index (χ1) is 9.99. The van der Waals surface area contributed by atoms with Gasteiger partial charge in [-0.15, -0.1) is 0 Å². The second-order valence-corrected chi connectivity index (χ2v) is 4.16. The second kappa shape index (κ2) is 5.99. The number of imide groups is 1. The van der Waals surface area contributed by atoms with E-state index in [1.807, 2.05) is 0 Å². The number of nitro benzene ring substituents is 1. The Morgan fingerprint density at radius 2 is 2.19 bits per heavy atom. The number of rotatable bonds is 4. The summed E-state index contributed by atoms with van der Waals surface area (Å²) < 4.78 is 4.75. The molecule has 0 radical (unpaired) electrons. The van der Waals surface area contributed by atoms with Gasteiger partial charge in [0.1, 0.15) is 0 Å². The maximum Gasteiger partial charge on any atom is 0.338 e. The number of carbonyl (C=O) groups is 3. The second-order valence-electron chi connectivity index (χ2n) is 4.16. The summed E-state index contributed by atoms with van der Waals surface area (Å²) in [5.41, 5.74) is -0.294. The fourth-order valence-corrected chi connectivity index (χ4v) is 1.74. The minimum absolute atomic E-state index is 0.0390. The zero-order chi connectivity index (χ0) is 15.4. The molecular formula is C12H11N3O6. The summed E-state index contributed by atoms with van der Waals surface area (Å²) in [6, 6.07) is 4.42. The van der Waals surface area contributed by atoms with E-state index >= 15 is 0 Å². The molecule has 110 valence electrons. The molecule has 3 amide bonds. The van der Waals surface area contributed by atoms with E-state index in [4.69, 9.17) is 4.74 Å². The molecule has 1 aliphatic rings. The predicted octanol–water partition coefficient (Wildman–Crippen LogP) is 0.303. The molecule has 9 nitrogen and oxygen atoms in total. The lowest BCUT2D eigenvalue weighted by molar-refractivity contribution is -0.384. The third kappa shape index (κ3) is 3.32. The molecule has 1 aromatic carbocycles. The molecule has 0 spiro atoms. The normalized spacial score (nSPS) is 13.7. The van der Waals surface area contributed by atoms with Crippen LogP contribution in [0.25, 0.3) is 0 Å². The van der Waals surface area contributed by atoms with Crippen molar-refractivity contribution in [3.63, 3.8) is 0 Å². The highest BCUT2D eigenvalue weighted by Gasteiger charge is 2.27. The van der Waals surface area contributed by atoms with Crippen LogP contribution in [0.15, 0.2) is 24.3 Å². The summed E-state index contributed by atoms with van der Waals surface area (Å²) >= 11 is 0. The van der Waals surface area contributed by atoms with Gasteiger partial charge in [-0.3, -0.25) is 19.8 Å². The first-order valence-electron chi connectivity index (χ1n) is 5.99. The highest BCUT2D eigenvalue weighted by Crippen LogP contribution is 2.14. The van der Waals surface area contributed by atoms with E-state index in [1.54, 1.807) is 0 Å². The van der Waals surface area contributed by atoms with Crippen LogP contribution in [0, 0.1) is 10.1 Å². The van der Waals surface area contributed by atoms with E-state index in [0.29, 0.717) is 6.54 Å². The summed E-state index contributed by atoms with van der Waals surface area (Å²) in [6.45, 7) is -0.0373. The number of hydrogen-bond acceptors (Lipinski definition) is 6. The average Bonchev–Trinajstić information content (AvgIpc) is 2.90. The van der Waals surface area contributed by atoms with Gasteiger partial charge < -0.3 is 10.1 Å². The third-order valence-corrected chi connectivity index (χ3v) is 2.78. The van der Waals surface area contributed by atoms with Crippen molar-refractivity contribution in [1.82, 2.24) is 10.2 Å². The maximum absolute atomic E-state index is 11.7. The number of carbonyl (C=O) groups excluding carboxylic acids is 3. The highest BCUT2D eigenvalue weighted by atomic mass is 16.6. The fourth-order valence-electron chi connectivity index (χ4n) is 1.74. The van der Waals surface area contributed by atoms with E-state index in [2.05, 4.69) is 5.32 Å². The van der Waals surface area contributed by atoms with Gasteiger partial charge in [-0.05, 0) is 6.07 Å². The fraction of sp³-hybridized carbons (Fsp3) is 0.250. The Kier molecular flexibility index (Phi) is 4.12. The topological polar surface area (TPSA) is 119 Å².